The fraction of sp³-hybridized carbons (Fsp3) is 0.0909. The normalized spacial score (nSPS) is 12.2. The number of halogens is 1. The van der Waals surface area contributed by atoms with Crippen molar-refractivity contribution in [2.45, 2.75) is 6.92 Å². The summed E-state index contributed by atoms with van der Waals surface area (Å²) in [5.41, 5.74) is 1.26. The van der Waals surface area contributed by atoms with Crippen LogP contribution in [0.3, 0.4) is 0 Å². The van der Waals surface area contributed by atoms with Gasteiger partial charge in [0.05, 0.1) is 12.3 Å². The van der Waals surface area contributed by atoms with Crippen LogP contribution in [0.5, 0.6) is 0 Å². The molecule has 3 aromatic carbocycles. The number of aliphatic hydroxyl groups is 1. The quantitative estimate of drug-likeness (QED) is 0.171. The molecule has 0 atom stereocenters. The average Bonchev–Trinajstić information content (AvgIpc) is 2.69. The lowest BCUT2D eigenvalue weighted by atomic mass is 10.0. The predicted molar refractivity (Wildman–Crippen MR) is 117 cm³/mol. The molecule has 0 aliphatic rings. The highest BCUT2D eigenvalue weighted by Crippen LogP contribution is 2.26. The summed E-state index contributed by atoms with van der Waals surface area (Å²) in [5.74, 6) is -0.767. The van der Waals surface area contributed by atoms with Crippen molar-refractivity contribution in [3.8, 4) is 0 Å². The number of benzene rings is 3. The van der Waals surface area contributed by atoms with E-state index in [-0.39, 0.29) is 17.9 Å². The zero-order chi connectivity index (χ0) is 19.2. The van der Waals surface area contributed by atoms with Crippen LogP contribution >= 0.6 is 22.6 Å². The van der Waals surface area contributed by atoms with Crippen molar-refractivity contribution in [2.75, 3.05) is 6.61 Å². The molecule has 27 heavy (non-hydrogen) atoms. The summed E-state index contributed by atoms with van der Waals surface area (Å²) in [6, 6.07) is 20.8. The van der Waals surface area contributed by atoms with E-state index in [1.807, 2.05) is 60.7 Å². The molecule has 136 valence electrons. The minimum atomic E-state index is -0.614. The highest BCUT2D eigenvalue weighted by atomic mass is 127. The number of rotatable bonds is 5. The molecule has 4 nitrogen and oxygen atoms in total. The third-order valence-corrected chi connectivity index (χ3v) is 4.68. The zero-order valence-electron chi connectivity index (χ0n) is 14.7. The fourth-order valence-corrected chi connectivity index (χ4v) is 3.02. The van der Waals surface area contributed by atoms with Gasteiger partial charge in [-0.25, -0.2) is 4.79 Å². The molecule has 0 bridgehead atoms. The van der Waals surface area contributed by atoms with E-state index in [1.165, 1.54) is 6.21 Å². The van der Waals surface area contributed by atoms with Crippen molar-refractivity contribution < 1.29 is 14.6 Å². The van der Waals surface area contributed by atoms with E-state index in [0.717, 1.165) is 14.3 Å². The van der Waals surface area contributed by atoms with E-state index < -0.39 is 5.97 Å². The molecule has 0 aliphatic carbocycles. The van der Waals surface area contributed by atoms with Crippen LogP contribution in [0.25, 0.3) is 16.5 Å². The molecule has 0 amide bonds. The summed E-state index contributed by atoms with van der Waals surface area (Å²) in [5, 5.41) is 12.7. The van der Waals surface area contributed by atoms with Crippen LogP contribution in [0, 0.1) is 3.57 Å². The molecule has 3 aromatic rings. The number of hydrogen-bond donors (Lipinski definition) is 1. The largest absolute Gasteiger partial charge is 0.506 e. The Morgan fingerprint density at radius 3 is 2.52 bits per heavy atom. The fourth-order valence-electron chi connectivity index (χ4n) is 2.66. The van der Waals surface area contributed by atoms with Crippen molar-refractivity contribution in [3.05, 3.63) is 81.4 Å². The van der Waals surface area contributed by atoms with E-state index in [1.54, 1.807) is 13.0 Å². The van der Waals surface area contributed by atoms with Gasteiger partial charge in [-0.15, -0.1) is 0 Å². The van der Waals surface area contributed by atoms with Crippen molar-refractivity contribution in [1.29, 1.82) is 0 Å². The monoisotopic (exact) mass is 471 g/mol. The van der Waals surface area contributed by atoms with Gasteiger partial charge < -0.3 is 9.84 Å². The van der Waals surface area contributed by atoms with Gasteiger partial charge in [0.15, 0.2) is 0 Å². The summed E-state index contributed by atoms with van der Waals surface area (Å²) in [7, 11) is 0. The number of hydrogen-bond acceptors (Lipinski definition) is 4. The first-order valence-corrected chi connectivity index (χ1v) is 9.56. The van der Waals surface area contributed by atoms with Crippen LogP contribution in [0.15, 0.2) is 77.3 Å². The van der Waals surface area contributed by atoms with Gasteiger partial charge in [0.25, 0.3) is 0 Å². The van der Waals surface area contributed by atoms with Gasteiger partial charge in [-0.3, -0.25) is 4.99 Å². The Bertz CT molecular complexity index is 1020. The molecule has 0 unspecified atom stereocenters. The standard InChI is InChI=1S/C22H18INO3/c1-2-27-22(26)20(14-24-17-12-10-16(23)11-13-17)21(25)19-9-5-7-15-6-3-4-8-18(15)19/h3-14,25H,2H2,1H3/b21-20+,24-14?. The Labute approximate surface area is 171 Å². The van der Waals surface area contributed by atoms with Gasteiger partial charge in [0.2, 0.25) is 0 Å². The second-order valence-corrected chi connectivity index (χ2v) is 6.99. The Morgan fingerprint density at radius 2 is 1.78 bits per heavy atom. The molecule has 0 fully saturated rings. The van der Waals surface area contributed by atoms with E-state index in [2.05, 4.69) is 27.6 Å². The van der Waals surface area contributed by atoms with E-state index >= 15 is 0 Å². The molecule has 0 spiro atoms. The number of nitrogens with zero attached hydrogens (tertiary/aromatic N) is 1. The molecule has 0 heterocycles. The lowest BCUT2D eigenvalue weighted by molar-refractivity contribution is -0.137. The summed E-state index contributed by atoms with van der Waals surface area (Å²) in [6.45, 7) is 1.93. The maximum atomic E-state index is 12.4. The molecule has 5 heteroatoms. The number of carbonyl (C=O) groups is 1. The van der Waals surface area contributed by atoms with E-state index in [4.69, 9.17) is 4.74 Å². The molecule has 1 N–H and O–H groups in total. The number of carbonyl (C=O) groups excluding carboxylic acids is 1. The Kier molecular flexibility index (Phi) is 6.24. The Hall–Kier alpha value is -2.67. The van der Waals surface area contributed by atoms with E-state index in [9.17, 15) is 9.90 Å². The zero-order valence-corrected chi connectivity index (χ0v) is 16.9. The molecular weight excluding hydrogens is 453 g/mol. The van der Waals surface area contributed by atoms with Crippen LogP contribution in [0.2, 0.25) is 0 Å². The first kappa shape index (κ1) is 19.1. The van der Waals surface area contributed by atoms with Crippen molar-refractivity contribution in [3.63, 3.8) is 0 Å². The second-order valence-electron chi connectivity index (χ2n) is 5.74. The summed E-state index contributed by atoms with van der Waals surface area (Å²) < 4.78 is 6.21. The lowest BCUT2D eigenvalue weighted by Gasteiger charge is -2.09. The second kappa shape index (κ2) is 8.81. The van der Waals surface area contributed by atoms with Crippen LogP contribution in [0.1, 0.15) is 12.5 Å². The maximum Gasteiger partial charge on any atom is 0.343 e. The van der Waals surface area contributed by atoms with E-state index in [0.29, 0.717) is 11.3 Å². The average molecular weight is 471 g/mol. The third kappa shape index (κ3) is 4.54. The predicted octanol–water partition coefficient (Wildman–Crippen LogP) is 5.68. The van der Waals surface area contributed by atoms with Crippen LogP contribution in [-0.2, 0) is 9.53 Å². The topological polar surface area (TPSA) is 58.9 Å². The molecule has 3 rings (SSSR count). The number of aliphatic hydroxyl groups excluding tert-OH is 1. The Morgan fingerprint density at radius 1 is 1.07 bits per heavy atom. The van der Waals surface area contributed by atoms with Crippen molar-refractivity contribution >= 4 is 57.0 Å². The molecule has 0 saturated heterocycles. The number of fused-ring (bicyclic) bond motifs is 1. The number of ether oxygens (including phenoxy) is 1. The molecule has 0 aromatic heterocycles. The molecular formula is C22H18INO3. The molecule has 0 radical (unpaired) electrons. The summed E-state index contributed by atoms with van der Waals surface area (Å²) in [4.78, 5) is 16.8. The van der Waals surface area contributed by atoms with Gasteiger partial charge in [-0.1, -0.05) is 42.5 Å². The molecule has 0 saturated carbocycles. The highest BCUT2D eigenvalue weighted by Gasteiger charge is 2.17. The lowest BCUT2D eigenvalue weighted by Crippen LogP contribution is -2.11. The van der Waals surface area contributed by atoms with Crippen molar-refractivity contribution in [2.24, 2.45) is 4.99 Å². The van der Waals surface area contributed by atoms with Gasteiger partial charge in [0, 0.05) is 15.3 Å². The SMILES string of the molecule is CCOC(=O)/C(C=Nc1ccc(I)cc1)=C(/O)c1cccc2ccccc12. The van der Waals surface area contributed by atoms with Crippen LogP contribution in [0.4, 0.5) is 5.69 Å². The minimum Gasteiger partial charge on any atom is -0.506 e. The maximum absolute atomic E-state index is 12.4. The highest BCUT2D eigenvalue weighted by molar-refractivity contribution is 14.1. The number of esters is 1. The third-order valence-electron chi connectivity index (χ3n) is 3.96. The summed E-state index contributed by atoms with van der Waals surface area (Å²) in [6.07, 6.45) is 1.36. The first-order chi connectivity index (χ1) is 13.1. The van der Waals surface area contributed by atoms with Crippen LogP contribution in [-0.4, -0.2) is 23.9 Å². The van der Waals surface area contributed by atoms with Gasteiger partial charge >= 0.3 is 5.97 Å². The first-order valence-electron chi connectivity index (χ1n) is 8.48. The van der Waals surface area contributed by atoms with Gasteiger partial charge in [-0.05, 0) is 64.6 Å². The number of aliphatic imine (C=N–C) groups is 1. The smallest absolute Gasteiger partial charge is 0.343 e. The van der Waals surface area contributed by atoms with Gasteiger partial charge in [0.1, 0.15) is 11.3 Å². The molecule has 0 aliphatic heterocycles. The van der Waals surface area contributed by atoms with Crippen LogP contribution < -0.4 is 0 Å². The minimum absolute atomic E-state index is 0.0201. The summed E-state index contributed by atoms with van der Waals surface area (Å²) >= 11 is 2.21. The Balaban J connectivity index is 2.10. The van der Waals surface area contributed by atoms with Gasteiger partial charge in [-0.2, -0.15) is 0 Å². The van der Waals surface area contributed by atoms with Crippen molar-refractivity contribution in [1.82, 2.24) is 0 Å².